The van der Waals surface area contributed by atoms with Gasteiger partial charge >= 0.3 is 0 Å². The van der Waals surface area contributed by atoms with Crippen molar-refractivity contribution in [1.29, 1.82) is 0 Å². The zero-order valence-electron chi connectivity index (χ0n) is 11.6. The SMILES string of the molecule is CCCn1ccnc1C(NC)c1ccn(C)c(=O)c1. The molecule has 1 atom stereocenters. The molecule has 0 fully saturated rings. The van der Waals surface area contributed by atoms with Crippen molar-refractivity contribution in [1.82, 2.24) is 19.4 Å². The lowest BCUT2D eigenvalue weighted by Gasteiger charge is -2.18. The van der Waals surface area contributed by atoms with E-state index in [1.807, 2.05) is 19.3 Å². The zero-order valence-corrected chi connectivity index (χ0v) is 11.6. The topological polar surface area (TPSA) is 51.9 Å². The number of aryl methyl sites for hydroxylation is 2. The van der Waals surface area contributed by atoms with Crippen molar-refractivity contribution in [3.8, 4) is 0 Å². The summed E-state index contributed by atoms with van der Waals surface area (Å²) in [6.45, 7) is 3.06. The van der Waals surface area contributed by atoms with Gasteiger partial charge in [0.1, 0.15) is 5.82 Å². The van der Waals surface area contributed by atoms with Crippen LogP contribution in [-0.2, 0) is 13.6 Å². The van der Waals surface area contributed by atoms with Crippen molar-refractivity contribution in [2.24, 2.45) is 7.05 Å². The van der Waals surface area contributed by atoms with Gasteiger partial charge < -0.3 is 14.5 Å². The maximum Gasteiger partial charge on any atom is 0.250 e. The van der Waals surface area contributed by atoms with Crippen LogP contribution in [0.15, 0.2) is 35.5 Å². The average Bonchev–Trinajstić information content (AvgIpc) is 2.83. The molecule has 0 amide bonds. The Bertz CT molecular complexity index is 599. The van der Waals surface area contributed by atoms with E-state index < -0.39 is 0 Å². The second-order valence-corrected chi connectivity index (χ2v) is 4.61. The largest absolute Gasteiger partial charge is 0.333 e. The predicted octanol–water partition coefficient (Wildman–Crippen LogP) is 1.30. The highest BCUT2D eigenvalue weighted by Crippen LogP contribution is 2.19. The van der Waals surface area contributed by atoms with Crippen LogP contribution in [0.25, 0.3) is 0 Å². The van der Waals surface area contributed by atoms with Gasteiger partial charge in [0.25, 0.3) is 5.56 Å². The van der Waals surface area contributed by atoms with E-state index in [1.165, 1.54) is 0 Å². The summed E-state index contributed by atoms with van der Waals surface area (Å²) >= 11 is 0. The number of hydrogen-bond acceptors (Lipinski definition) is 3. The minimum atomic E-state index is -0.0598. The van der Waals surface area contributed by atoms with Crippen molar-refractivity contribution in [3.05, 3.63) is 52.5 Å². The summed E-state index contributed by atoms with van der Waals surface area (Å²) in [7, 11) is 3.63. The van der Waals surface area contributed by atoms with Gasteiger partial charge in [-0.2, -0.15) is 0 Å². The van der Waals surface area contributed by atoms with Gasteiger partial charge in [-0.05, 0) is 25.1 Å². The number of imidazole rings is 1. The molecule has 2 aromatic rings. The minimum Gasteiger partial charge on any atom is -0.333 e. The molecule has 0 bridgehead atoms. The van der Waals surface area contributed by atoms with E-state index in [1.54, 1.807) is 30.1 Å². The third-order valence-corrected chi connectivity index (χ3v) is 3.22. The van der Waals surface area contributed by atoms with Crippen LogP contribution in [-0.4, -0.2) is 21.2 Å². The molecule has 0 saturated heterocycles. The Morgan fingerprint density at radius 2 is 2.21 bits per heavy atom. The highest BCUT2D eigenvalue weighted by atomic mass is 16.1. The average molecular weight is 260 g/mol. The summed E-state index contributed by atoms with van der Waals surface area (Å²) in [5.74, 6) is 0.942. The molecule has 0 saturated carbocycles. The fourth-order valence-electron chi connectivity index (χ4n) is 2.20. The quantitative estimate of drug-likeness (QED) is 0.881. The molecule has 0 radical (unpaired) electrons. The Morgan fingerprint density at radius 3 is 2.84 bits per heavy atom. The van der Waals surface area contributed by atoms with Gasteiger partial charge in [-0.3, -0.25) is 4.79 Å². The van der Waals surface area contributed by atoms with Gasteiger partial charge in [-0.15, -0.1) is 0 Å². The smallest absolute Gasteiger partial charge is 0.250 e. The Labute approximate surface area is 112 Å². The first-order chi connectivity index (χ1) is 9.17. The molecular weight excluding hydrogens is 240 g/mol. The van der Waals surface area contributed by atoms with Crippen LogP contribution >= 0.6 is 0 Å². The van der Waals surface area contributed by atoms with E-state index in [4.69, 9.17) is 0 Å². The maximum absolute atomic E-state index is 11.7. The van der Waals surface area contributed by atoms with E-state index >= 15 is 0 Å². The van der Waals surface area contributed by atoms with E-state index in [2.05, 4.69) is 21.8 Å². The molecule has 2 heterocycles. The Morgan fingerprint density at radius 1 is 1.42 bits per heavy atom. The summed E-state index contributed by atoms with van der Waals surface area (Å²) in [6, 6.07) is 3.55. The molecular formula is C14H20N4O. The van der Waals surface area contributed by atoms with Crippen LogP contribution in [0.3, 0.4) is 0 Å². The summed E-state index contributed by atoms with van der Waals surface area (Å²) < 4.78 is 3.69. The summed E-state index contributed by atoms with van der Waals surface area (Å²) in [5.41, 5.74) is 0.931. The van der Waals surface area contributed by atoms with Gasteiger partial charge in [0, 0.05) is 38.2 Å². The standard InChI is InChI=1S/C14H20N4O/c1-4-7-18-9-6-16-14(18)13(15-2)11-5-8-17(3)12(19)10-11/h5-6,8-10,13,15H,4,7H2,1-3H3. The molecule has 0 aromatic carbocycles. The van der Waals surface area contributed by atoms with Crippen LogP contribution in [0.4, 0.5) is 0 Å². The van der Waals surface area contributed by atoms with Gasteiger partial charge in [0.2, 0.25) is 0 Å². The van der Waals surface area contributed by atoms with E-state index in [0.717, 1.165) is 24.4 Å². The predicted molar refractivity (Wildman–Crippen MR) is 75.1 cm³/mol. The van der Waals surface area contributed by atoms with Crippen LogP contribution in [0.2, 0.25) is 0 Å². The van der Waals surface area contributed by atoms with Crippen molar-refractivity contribution in [3.63, 3.8) is 0 Å². The Balaban J connectivity index is 2.41. The number of rotatable bonds is 5. The van der Waals surface area contributed by atoms with Gasteiger partial charge in [-0.1, -0.05) is 6.92 Å². The molecule has 2 rings (SSSR count). The minimum absolute atomic E-state index is 0.00801. The monoisotopic (exact) mass is 260 g/mol. The first kappa shape index (κ1) is 13.5. The number of nitrogens with one attached hydrogen (secondary N) is 1. The van der Waals surface area contributed by atoms with Crippen LogP contribution in [0.1, 0.15) is 30.8 Å². The van der Waals surface area contributed by atoms with Crippen molar-refractivity contribution >= 4 is 0 Å². The molecule has 1 unspecified atom stereocenters. The third-order valence-electron chi connectivity index (χ3n) is 3.22. The lowest BCUT2D eigenvalue weighted by atomic mass is 10.1. The number of hydrogen-bond donors (Lipinski definition) is 1. The molecule has 2 aromatic heterocycles. The molecule has 19 heavy (non-hydrogen) atoms. The van der Waals surface area contributed by atoms with E-state index in [9.17, 15) is 4.79 Å². The fourth-order valence-corrected chi connectivity index (χ4v) is 2.20. The van der Waals surface area contributed by atoms with Gasteiger partial charge in [0.05, 0.1) is 6.04 Å². The first-order valence-corrected chi connectivity index (χ1v) is 6.52. The number of aromatic nitrogens is 3. The zero-order chi connectivity index (χ0) is 13.8. The highest BCUT2D eigenvalue weighted by Gasteiger charge is 2.17. The molecule has 0 aliphatic carbocycles. The van der Waals surface area contributed by atoms with Gasteiger partial charge in [0.15, 0.2) is 0 Å². The normalized spacial score (nSPS) is 12.6. The molecule has 1 N–H and O–H groups in total. The Kier molecular flexibility index (Phi) is 4.16. The molecule has 5 nitrogen and oxygen atoms in total. The third kappa shape index (κ3) is 2.76. The lowest BCUT2D eigenvalue weighted by molar-refractivity contribution is 0.566. The van der Waals surface area contributed by atoms with E-state index in [0.29, 0.717) is 0 Å². The first-order valence-electron chi connectivity index (χ1n) is 6.52. The molecule has 0 aliphatic rings. The highest BCUT2D eigenvalue weighted by molar-refractivity contribution is 5.23. The van der Waals surface area contributed by atoms with Crippen LogP contribution < -0.4 is 10.9 Å². The summed E-state index contributed by atoms with van der Waals surface area (Å²) in [6.07, 6.45) is 6.62. The van der Waals surface area contributed by atoms with Crippen LogP contribution in [0.5, 0.6) is 0 Å². The summed E-state index contributed by atoms with van der Waals surface area (Å²) in [4.78, 5) is 16.2. The summed E-state index contributed by atoms with van der Waals surface area (Å²) in [5, 5.41) is 3.23. The Hall–Kier alpha value is -1.88. The van der Waals surface area contributed by atoms with Crippen LogP contribution in [0, 0.1) is 0 Å². The molecule has 102 valence electrons. The molecule has 0 aliphatic heterocycles. The maximum atomic E-state index is 11.7. The lowest BCUT2D eigenvalue weighted by Crippen LogP contribution is -2.25. The number of pyridine rings is 1. The molecule has 5 heteroatoms. The fraction of sp³-hybridized carbons (Fsp3) is 0.429. The number of nitrogens with zero attached hydrogens (tertiary/aromatic N) is 3. The second-order valence-electron chi connectivity index (χ2n) is 4.61. The molecule has 0 spiro atoms. The van der Waals surface area contributed by atoms with E-state index in [-0.39, 0.29) is 11.6 Å². The van der Waals surface area contributed by atoms with Crippen molar-refractivity contribution in [2.75, 3.05) is 7.05 Å². The van der Waals surface area contributed by atoms with Gasteiger partial charge in [-0.25, -0.2) is 4.98 Å². The van der Waals surface area contributed by atoms with Crippen molar-refractivity contribution in [2.45, 2.75) is 25.9 Å². The second kappa shape index (κ2) is 5.84. The van der Waals surface area contributed by atoms with Crippen molar-refractivity contribution < 1.29 is 0 Å².